The molecule has 5 rings (SSSR count). The van der Waals surface area contributed by atoms with Crippen LogP contribution in [-0.2, 0) is 17.8 Å². The van der Waals surface area contributed by atoms with Gasteiger partial charge in [-0.1, -0.05) is 31.4 Å². The SMILES string of the molecule is Cc1nc([C@H]2CCCN(C3CCCCC3)C2)nc2c1CC(=O)N2Cc1ccc(F)cc1. The molecule has 1 saturated heterocycles. The van der Waals surface area contributed by atoms with Gasteiger partial charge in [0, 0.05) is 29.8 Å². The van der Waals surface area contributed by atoms with Gasteiger partial charge in [-0.2, -0.15) is 0 Å². The molecule has 0 N–H and O–H groups in total. The van der Waals surface area contributed by atoms with E-state index in [1.165, 1.54) is 57.2 Å². The molecule has 2 aliphatic heterocycles. The number of fused-ring (bicyclic) bond motifs is 1. The van der Waals surface area contributed by atoms with Crippen LogP contribution in [0.5, 0.6) is 0 Å². The molecule has 2 aromatic rings. The van der Waals surface area contributed by atoms with Crippen LogP contribution < -0.4 is 4.90 Å². The molecule has 0 unspecified atom stereocenters. The second kappa shape index (κ2) is 8.65. The number of anilines is 1. The van der Waals surface area contributed by atoms with E-state index in [1.807, 2.05) is 6.92 Å². The molecule has 1 saturated carbocycles. The molecule has 3 heterocycles. The summed E-state index contributed by atoms with van der Waals surface area (Å²) in [6.45, 7) is 4.62. The van der Waals surface area contributed by atoms with E-state index in [0.29, 0.717) is 24.9 Å². The lowest BCUT2D eigenvalue weighted by Gasteiger charge is -2.39. The molecule has 1 atom stereocenters. The Hall–Kier alpha value is -2.34. The van der Waals surface area contributed by atoms with Gasteiger partial charge in [0.1, 0.15) is 17.5 Å². The summed E-state index contributed by atoms with van der Waals surface area (Å²) < 4.78 is 13.3. The van der Waals surface area contributed by atoms with Crippen LogP contribution >= 0.6 is 0 Å². The summed E-state index contributed by atoms with van der Waals surface area (Å²) in [5.41, 5.74) is 2.77. The molecule has 0 radical (unpaired) electrons. The Bertz CT molecular complexity index is 955. The van der Waals surface area contributed by atoms with Gasteiger partial charge in [0.2, 0.25) is 5.91 Å². The molecule has 6 heteroatoms. The number of aryl methyl sites for hydroxylation is 1. The van der Waals surface area contributed by atoms with Gasteiger partial charge in [-0.3, -0.25) is 14.6 Å². The number of piperidine rings is 1. The predicted molar refractivity (Wildman–Crippen MR) is 118 cm³/mol. The van der Waals surface area contributed by atoms with Crippen molar-refractivity contribution in [3.05, 3.63) is 52.7 Å². The van der Waals surface area contributed by atoms with Crippen LogP contribution in [-0.4, -0.2) is 39.9 Å². The minimum Gasteiger partial charge on any atom is -0.300 e. The van der Waals surface area contributed by atoms with Gasteiger partial charge in [0.25, 0.3) is 0 Å². The Morgan fingerprint density at radius 2 is 1.81 bits per heavy atom. The second-order valence-corrected chi connectivity index (χ2v) is 9.38. The first-order chi connectivity index (χ1) is 15.1. The molecule has 3 aliphatic rings. The van der Waals surface area contributed by atoms with Gasteiger partial charge < -0.3 is 0 Å². The summed E-state index contributed by atoms with van der Waals surface area (Å²) in [7, 11) is 0. The first-order valence-corrected chi connectivity index (χ1v) is 11.7. The zero-order valence-electron chi connectivity index (χ0n) is 18.3. The van der Waals surface area contributed by atoms with Crippen molar-refractivity contribution in [3.63, 3.8) is 0 Å². The Kier molecular flexibility index (Phi) is 5.74. The van der Waals surface area contributed by atoms with Crippen LogP contribution in [0.25, 0.3) is 0 Å². The van der Waals surface area contributed by atoms with E-state index in [4.69, 9.17) is 9.97 Å². The van der Waals surface area contributed by atoms with Crippen LogP contribution in [0.15, 0.2) is 24.3 Å². The van der Waals surface area contributed by atoms with Gasteiger partial charge in [0.05, 0.1) is 13.0 Å². The predicted octanol–water partition coefficient (Wildman–Crippen LogP) is 4.53. The molecule has 31 heavy (non-hydrogen) atoms. The lowest BCUT2D eigenvalue weighted by atomic mass is 9.90. The molecule has 164 valence electrons. The lowest BCUT2D eigenvalue weighted by Crippen LogP contribution is -2.43. The first-order valence-electron chi connectivity index (χ1n) is 11.7. The van der Waals surface area contributed by atoms with Gasteiger partial charge in [0.15, 0.2) is 0 Å². The minimum atomic E-state index is -0.267. The highest BCUT2D eigenvalue weighted by Crippen LogP contribution is 2.35. The largest absolute Gasteiger partial charge is 0.300 e. The maximum Gasteiger partial charge on any atom is 0.233 e. The summed E-state index contributed by atoms with van der Waals surface area (Å²) in [4.78, 5) is 27.0. The van der Waals surface area contributed by atoms with Gasteiger partial charge in [-0.15, -0.1) is 0 Å². The zero-order valence-corrected chi connectivity index (χ0v) is 18.3. The number of rotatable bonds is 4. The quantitative estimate of drug-likeness (QED) is 0.727. The highest BCUT2D eigenvalue weighted by Gasteiger charge is 2.34. The number of benzene rings is 1. The third-order valence-corrected chi connectivity index (χ3v) is 7.26. The Balaban J connectivity index is 1.39. The summed E-state index contributed by atoms with van der Waals surface area (Å²) in [6, 6.07) is 7.06. The first kappa shape index (κ1) is 20.6. The van der Waals surface area contributed by atoms with Crippen LogP contribution in [0, 0.1) is 12.7 Å². The number of carbonyl (C=O) groups excluding carboxylic acids is 1. The number of halogens is 1. The fourth-order valence-electron chi connectivity index (χ4n) is 5.51. The highest BCUT2D eigenvalue weighted by molar-refractivity contribution is 6.00. The van der Waals surface area contributed by atoms with Crippen molar-refractivity contribution >= 4 is 11.7 Å². The fraction of sp³-hybridized carbons (Fsp3) is 0.560. The minimum absolute atomic E-state index is 0.0429. The molecule has 2 fully saturated rings. The third kappa shape index (κ3) is 4.22. The Morgan fingerprint density at radius 3 is 2.58 bits per heavy atom. The molecule has 0 spiro atoms. The number of carbonyl (C=O) groups is 1. The van der Waals surface area contributed by atoms with Gasteiger partial charge in [-0.25, -0.2) is 14.4 Å². The number of nitrogens with zero attached hydrogens (tertiary/aromatic N) is 4. The number of aromatic nitrogens is 2. The second-order valence-electron chi connectivity index (χ2n) is 9.38. The molecule has 1 aliphatic carbocycles. The molecule has 1 aromatic carbocycles. The van der Waals surface area contributed by atoms with Crippen molar-refractivity contribution in [1.82, 2.24) is 14.9 Å². The van der Waals surface area contributed by atoms with Crippen LogP contribution in [0.2, 0.25) is 0 Å². The van der Waals surface area contributed by atoms with E-state index in [9.17, 15) is 9.18 Å². The number of likely N-dealkylation sites (tertiary alicyclic amines) is 1. The van der Waals surface area contributed by atoms with Crippen LogP contribution in [0.4, 0.5) is 10.2 Å². The average Bonchev–Trinajstić information content (AvgIpc) is 3.12. The summed E-state index contributed by atoms with van der Waals surface area (Å²) in [6.07, 6.45) is 9.33. The zero-order chi connectivity index (χ0) is 21.4. The summed E-state index contributed by atoms with van der Waals surface area (Å²) in [5.74, 6) is 1.74. The summed E-state index contributed by atoms with van der Waals surface area (Å²) in [5, 5.41) is 0. The van der Waals surface area contributed by atoms with Crippen molar-refractivity contribution in [1.29, 1.82) is 0 Å². The topological polar surface area (TPSA) is 49.3 Å². The van der Waals surface area contributed by atoms with Crippen molar-refractivity contribution in [3.8, 4) is 0 Å². The molecule has 1 aromatic heterocycles. The highest BCUT2D eigenvalue weighted by atomic mass is 19.1. The van der Waals surface area contributed by atoms with Gasteiger partial charge >= 0.3 is 0 Å². The molecular formula is C25H31FN4O. The van der Waals surface area contributed by atoms with E-state index in [2.05, 4.69) is 4.90 Å². The van der Waals surface area contributed by atoms with Crippen molar-refractivity contribution < 1.29 is 9.18 Å². The monoisotopic (exact) mass is 422 g/mol. The number of hydrogen-bond donors (Lipinski definition) is 0. The van der Waals surface area contributed by atoms with E-state index >= 15 is 0 Å². The van der Waals surface area contributed by atoms with Crippen molar-refractivity contribution in [2.45, 2.75) is 76.8 Å². The van der Waals surface area contributed by atoms with E-state index in [0.717, 1.165) is 41.4 Å². The summed E-state index contributed by atoms with van der Waals surface area (Å²) >= 11 is 0. The maximum atomic E-state index is 13.3. The standard InChI is InChI=1S/C25H31FN4O/c1-17-22-14-23(31)30(15-18-9-11-20(26)12-10-18)25(22)28-24(27-17)19-6-5-13-29(16-19)21-7-3-2-4-8-21/h9-12,19,21H,2-8,13-16H2,1H3/t19-/m0/s1. The molecule has 0 bridgehead atoms. The van der Waals surface area contributed by atoms with E-state index in [1.54, 1.807) is 17.0 Å². The van der Waals surface area contributed by atoms with Crippen molar-refractivity contribution in [2.75, 3.05) is 18.0 Å². The smallest absolute Gasteiger partial charge is 0.233 e. The van der Waals surface area contributed by atoms with Crippen LogP contribution in [0.3, 0.4) is 0 Å². The third-order valence-electron chi connectivity index (χ3n) is 7.26. The van der Waals surface area contributed by atoms with E-state index < -0.39 is 0 Å². The Morgan fingerprint density at radius 1 is 1.03 bits per heavy atom. The van der Waals surface area contributed by atoms with Crippen LogP contribution in [0.1, 0.15) is 73.5 Å². The maximum absolute atomic E-state index is 13.3. The number of hydrogen-bond acceptors (Lipinski definition) is 4. The normalized spacial score (nSPS) is 22.7. The average molecular weight is 423 g/mol. The molecule has 5 nitrogen and oxygen atoms in total. The molecular weight excluding hydrogens is 391 g/mol. The van der Waals surface area contributed by atoms with E-state index in [-0.39, 0.29) is 11.7 Å². The van der Waals surface area contributed by atoms with Gasteiger partial charge in [-0.05, 0) is 56.8 Å². The Labute approximate surface area is 183 Å². The van der Waals surface area contributed by atoms with Crippen molar-refractivity contribution in [2.24, 2.45) is 0 Å². The lowest BCUT2D eigenvalue weighted by molar-refractivity contribution is -0.117. The fourth-order valence-corrected chi connectivity index (χ4v) is 5.51. The molecule has 1 amide bonds. The number of amides is 1.